The number of hydrogen-bond donors (Lipinski definition) is 1. The maximum atomic E-state index is 11.3. The van der Waals surface area contributed by atoms with Crippen molar-refractivity contribution in [2.24, 2.45) is 0 Å². The summed E-state index contributed by atoms with van der Waals surface area (Å²) < 4.78 is 10.2. The van der Waals surface area contributed by atoms with Gasteiger partial charge in [-0.3, -0.25) is 4.79 Å². The van der Waals surface area contributed by atoms with E-state index in [4.69, 9.17) is 9.47 Å². The van der Waals surface area contributed by atoms with Crippen molar-refractivity contribution in [1.29, 1.82) is 0 Å². The predicted molar refractivity (Wildman–Crippen MR) is 53.1 cm³/mol. The fraction of sp³-hybridized carbons (Fsp3) is 0.900. The molecule has 4 heteroatoms. The van der Waals surface area contributed by atoms with Gasteiger partial charge >= 0.3 is 5.97 Å². The molecule has 0 bridgehead atoms. The first-order valence-electron chi connectivity index (χ1n) is 5.00. The van der Waals surface area contributed by atoms with Crippen molar-refractivity contribution in [3.05, 3.63) is 0 Å². The third-order valence-electron chi connectivity index (χ3n) is 1.82. The number of carbonyl (C=O) groups is 1. The zero-order valence-corrected chi connectivity index (χ0v) is 9.13. The molecule has 1 saturated heterocycles. The Bertz CT molecular complexity index is 194. The van der Waals surface area contributed by atoms with Crippen molar-refractivity contribution in [3.8, 4) is 0 Å². The molecule has 0 aromatic rings. The van der Waals surface area contributed by atoms with E-state index >= 15 is 0 Å². The van der Waals surface area contributed by atoms with Crippen LogP contribution in [0, 0.1) is 0 Å². The van der Waals surface area contributed by atoms with Crippen LogP contribution in [0.3, 0.4) is 0 Å². The average molecular weight is 201 g/mol. The number of hydrogen-bond acceptors (Lipinski definition) is 4. The van der Waals surface area contributed by atoms with Gasteiger partial charge in [0.25, 0.3) is 0 Å². The highest BCUT2D eigenvalue weighted by Crippen LogP contribution is 2.08. The van der Waals surface area contributed by atoms with Crippen LogP contribution in [0.25, 0.3) is 0 Å². The van der Waals surface area contributed by atoms with Crippen LogP contribution >= 0.6 is 0 Å². The van der Waals surface area contributed by atoms with Crippen LogP contribution in [0.15, 0.2) is 0 Å². The summed E-state index contributed by atoms with van der Waals surface area (Å²) in [5, 5.41) is 3.21. The van der Waals surface area contributed by atoms with Gasteiger partial charge < -0.3 is 14.8 Å². The number of rotatable bonds is 4. The lowest BCUT2D eigenvalue weighted by Gasteiger charge is -2.27. The Balaban J connectivity index is 2.02. The molecule has 1 N–H and O–H groups in total. The number of ether oxygens (including phenoxy) is 2. The Hall–Kier alpha value is -0.610. The molecule has 0 unspecified atom stereocenters. The smallest absolute Gasteiger partial charge is 0.307 e. The maximum absolute atomic E-state index is 11.3. The van der Waals surface area contributed by atoms with Crippen molar-refractivity contribution < 1.29 is 14.3 Å². The Morgan fingerprint density at radius 3 is 2.57 bits per heavy atom. The fourth-order valence-electron chi connectivity index (χ4n) is 1.12. The molecule has 1 rings (SSSR count). The Morgan fingerprint density at radius 2 is 2.14 bits per heavy atom. The SMILES string of the molecule is CC(C)(C)OC(=O)CCNC1COC1. The molecule has 0 radical (unpaired) electrons. The van der Waals surface area contributed by atoms with E-state index in [1.165, 1.54) is 0 Å². The molecule has 82 valence electrons. The van der Waals surface area contributed by atoms with Gasteiger partial charge in [-0.15, -0.1) is 0 Å². The van der Waals surface area contributed by atoms with E-state index in [1.807, 2.05) is 20.8 Å². The minimum atomic E-state index is -0.378. The van der Waals surface area contributed by atoms with Gasteiger partial charge in [0.05, 0.1) is 25.7 Å². The molecule has 0 aromatic carbocycles. The van der Waals surface area contributed by atoms with Crippen LogP contribution in [-0.4, -0.2) is 37.4 Å². The molecular weight excluding hydrogens is 182 g/mol. The van der Waals surface area contributed by atoms with Crippen molar-refractivity contribution in [1.82, 2.24) is 5.32 Å². The van der Waals surface area contributed by atoms with Gasteiger partial charge in [-0.2, -0.15) is 0 Å². The van der Waals surface area contributed by atoms with Crippen molar-refractivity contribution >= 4 is 5.97 Å². The summed E-state index contributed by atoms with van der Waals surface area (Å²) in [5.74, 6) is -0.148. The molecule has 1 heterocycles. The van der Waals surface area contributed by atoms with Crippen LogP contribution in [0.4, 0.5) is 0 Å². The molecule has 14 heavy (non-hydrogen) atoms. The Morgan fingerprint density at radius 1 is 1.50 bits per heavy atom. The normalized spacial score (nSPS) is 17.6. The van der Waals surface area contributed by atoms with Gasteiger partial charge in [0.15, 0.2) is 0 Å². The highest BCUT2D eigenvalue weighted by Gasteiger charge is 2.19. The van der Waals surface area contributed by atoms with Gasteiger partial charge in [-0.05, 0) is 20.8 Å². The van der Waals surface area contributed by atoms with Crippen LogP contribution < -0.4 is 5.32 Å². The molecule has 0 saturated carbocycles. The lowest BCUT2D eigenvalue weighted by atomic mass is 10.2. The van der Waals surface area contributed by atoms with E-state index in [1.54, 1.807) is 0 Å². The number of nitrogens with one attached hydrogen (secondary N) is 1. The number of esters is 1. The monoisotopic (exact) mass is 201 g/mol. The summed E-state index contributed by atoms with van der Waals surface area (Å²) in [6.07, 6.45) is 0.424. The Labute approximate surface area is 85.0 Å². The summed E-state index contributed by atoms with van der Waals surface area (Å²) in [6.45, 7) is 7.81. The van der Waals surface area contributed by atoms with E-state index in [2.05, 4.69) is 5.32 Å². The topological polar surface area (TPSA) is 47.6 Å². The first-order chi connectivity index (χ1) is 6.47. The quantitative estimate of drug-likeness (QED) is 0.680. The van der Waals surface area contributed by atoms with Gasteiger partial charge in [-0.1, -0.05) is 0 Å². The molecular formula is C10H19NO3. The van der Waals surface area contributed by atoms with Gasteiger partial charge in [0, 0.05) is 6.54 Å². The largest absolute Gasteiger partial charge is 0.460 e. The van der Waals surface area contributed by atoms with E-state index in [9.17, 15) is 4.79 Å². The lowest BCUT2D eigenvalue weighted by molar-refractivity contribution is -0.154. The first-order valence-corrected chi connectivity index (χ1v) is 5.00. The van der Waals surface area contributed by atoms with Gasteiger partial charge in [0.1, 0.15) is 5.60 Å². The molecule has 0 amide bonds. The molecule has 0 aliphatic carbocycles. The second kappa shape index (κ2) is 4.75. The second-order valence-electron chi connectivity index (χ2n) is 4.52. The standard InChI is InChI=1S/C10H19NO3/c1-10(2,3)14-9(12)4-5-11-8-6-13-7-8/h8,11H,4-7H2,1-3H3. The second-order valence-corrected chi connectivity index (χ2v) is 4.52. The maximum Gasteiger partial charge on any atom is 0.307 e. The van der Waals surface area contributed by atoms with Crippen LogP contribution in [0.2, 0.25) is 0 Å². The van der Waals surface area contributed by atoms with Gasteiger partial charge in [0.2, 0.25) is 0 Å². The summed E-state index contributed by atoms with van der Waals surface area (Å²) in [6, 6.07) is 0.428. The van der Waals surface area contributed by atoms with E-state index in [0.717, 1.165) is 13.2 Å². The molecule has 1 fully saturated rings. The third-order valence-corrected chi connectivity index (χ3v) is 1.82. The zero-order chi connectivity index (χ0) is 10.6. The minimum Gasteiger partial charge on any atom is -0.460 e. The van der Waals surface area contributed by atoms with Crippen molar-refractivity contribution in [2.75, 3.05) is 19.8 Å². The van der Waals surface area contributed by atoms with E-state index < -0.39 is 0 Å². The van der Waals surface area contributed by atoms with Crippen LogP contribution in [0.5, 0.6) is 0 Å². The molecule has 4 nitrogen and oxygen atoms in total. The average Bonchev–Trinajstić information content (AvgIpc) is 1.90. The molecule has 0 aromatic heterocycles. The van der Waals surface area contributed by atoms with Crippen molar-refractivity contribution in [3.63, 3.8) is 0 Å². The molecule has 0 atom stereocenters. The fourth-order valence-corrected chi connectivity index (χ4v) is 1.12. The molecule has 1 aliphatic heterocycles. The molecule has 1 aliphatic rings. The summed E-state index contributed by atoms with van der Waals surface area (Å²) >= 11 is 0. The van der Waals surface area contributed by atoms with Crippen LogP contribution in [-0.2, 0) is 14.3 Å². The summed E-state index contributed by atoms with van der Waals surface area (Å²) in [4.78, 5) is 11.3. The highest BCUT2D eigenvalue weighted by molar-refractivity contribution is 5.70. The highest BCUT2D eigenvalue weighted by atomic mass is 16.6. The number of carbonyl (C=O) groups excluding carboxylic acids is 1. The first kappa shape index (κ1) is 11.5. The Kier molecular flexibility index (Phi) is 3.89. The van der Waals surface area contributed by atoms with Gasteiger partial charge in [-0.25, -0.2) is 0 Å². The van der Waals surface area contributed by atoms with Crippen molar-refractivity contribution in [2.45, 2.75) is 38.8 Å². The van der Waals surface area contributed by atoms with E-state index in [-0.39, 0.29) is 11.6 Å². The molecule has 0 spiro atoms. The zero-order valence-electron chi connectivity index (χ0n) is 9.13. The predicted octanol–water partition coefficient (Wildman–Crippen LogP) is 0.707. The third kappa shape index (κ3) is 4.58. The summed E-state index contributed by atoms with van der Waals surface area (Å²) in [7, 11) is 0. The lowest BCUT2D eigenvalue weighted by Crippen LogP contribution is -2.46. The minimum absolute atomic E-state index is 0.148. The van der Waals surface area contributed by atoms with Crippen LogP contribution in [0.1, 0.15) is 27.2 Å². The summed E-state index contributed by atoms with van der Waals surface area (Å²) in [5.41, 5.74) is -0.378. The van der Waals surface area contributed by atoms with E-state index in [0.29, 0.717) is 19.0 Å².